The van der Waals surface area contributed by atoms with E-state index >= 15 is 0 Å². The van der Waals surface area contributed by atoms with Gasteiger partial charge in [-0.25, -0.2) is 0 Å². The number of hydrogen-bond donors (Lipinski definition) is 1. The number of anilines is 2. The summed E-state index contributed by atoms with van der Waals surface area (Å²) in [5.74, 6) is 0.688. The third-order valence-corrected chi connectivity index (χ3v) is 7.15. The summed E-state index contributed by atoms with van der Waals surface area (Å²) >= 11 is 3.42. The van der Waals surface area contributed by atoms with Gasteiger partial charge in [0.2, 0.25) is 0 Å². The Kier molecular flexibility index (Phi) is 7.42. The lowest BCUT2D eigenvalue weighted by Gasteiger charge is -2.36. The van der Waals surface area contributed by atoms with Crippen LogP contribution in [-0.2, 0) is 6.42 Å². The predicted octanol–water partition coefficient (Wildman–Crippen LogP) is 6.49. The average molecular weight is 558 g/mol. The van der Waals surface area contributed by atoms with E-state index in [2.05, 4.69) is 33.1 Å². The molecule has 1 aliphatic rings. The van der Waals surface area contributed by atoms with E-state index in [4.69, 9.17) is 4.42 Å². The molecule has 0 atom stereocenters. The summed E-state index contributed by atoms with van der Waals surface area (Å²) in [5.41, 5.74) is 4.64. The van der Waals surface area contributed by atoms with E-state index in [-0.39, 0.29) is 17.6 Å². The fraction of sp³-hybridized carbons (Fsp3) is 0.200. The molecule has 2 heterocycles. The van der Waals surface area contributed by atoms with Crippen LogP contribution in [-0.4, -0.2) is 42.9 Å². The van der Waals surface area contributed by atoms with Gasteiger partial charge in [0.1, 0.15) is 5.76 Å². The Labute approximate surface area is 225 Å². The molecule has 0 saturated carbocycles. The van der Waals surface area contributed by atoms with Gasteiger partial charge in [0, 0.05) is 53.2 Å². The van der Waals surface area contributed by atoms with E-state index in [1.54, 1.807) is 12.1 Å². The Morgan fingerprint density at radius 3 is 2.16 bits per heavy atom. The molecule has 0 unspecified atom stereocenters. The largest absolute Gasteiger partial charge is 0.451 e. The predicted molar refractivity (Wildman–Crippen MR) is 150 cm³/mol. The van der Waals surface area contributed by atoms with Crippen molar-refractivity contribution < 1.29 is 14.0 Å². The second-order valence-electron chi connectivity index (χ2n) is 9.00. The fourth-order valence-corrected chi connectivity index (χ4v) is 4.68. The molecule has 6 nitrogen and oxygen atoms in total. The molecule has 188 valence electrons. The van der Waals surface area contributed by atoms with Crippen LogP contribution < -0.4 is 10.2 Å². The second kappa shape index (κ2) is 11.0. The number of hydrogen-bond acceptors (Lipinski definition) is 4. The van der Waals surface area contributed by atoms with E-state index in [9.17, 15) is 9.59 Å². The summed E-state index contributed by atoms with van der Waals surface area (Å²) < 4.78 is 6.75. The number of carbonyl (C=O) groups excluding carboxylic acids is 2. The van der Waals surface area contributed by atoms with Crippen LogP contribution in [0, 0.1) is 0 Å². The third-order valence-electron chi connectivity index (χ3n) is 6.62. The Hall–Kier alpha value is -3.84. The van der Waals surface area contributed by atoms with Gasteiger partial charge in [-0.3, -0.25) is 9.59 Å². The van der Waals surface area contributed by atoms with Crippen LogP contribution in [0.15, 0.2) is 93.8 Å². The van der Waals surface area contributed by atoms with Gasteiger partial charge < -0.3 is 19.5 Å². The fourth-order valence-electron chi connectivity index (χ4n) is 4.41. The molecule has 3 aromatic carbocycles. The van der Waals surface area contributed by atoms with Crippen LogP contribution >= 0.6 is 15.9 Å². The first-order valence-electron chi connectivity index (χ1n) is 12.4. The molecular weight excluding hydrogens is 530 g/mol. The summed E-state index contributed by atoms with van der Waals surface area (Å²) in [6.45, 7) is 4.97. The molecule has 0 aliphatic carbocycles. The SMILES string of the molecule is CCc1ccc(C(=O)N2CCN(c3ccc(NC(=O)c4ccc(-c5ccc(Br)cc5)o4)cc3)CC2)cc1. The van der Waals surface area contributed by atoms with Gasteiger partial charge in [0.15, 0.2) is 5.76 Å². The van der Waals surface area contributed by atoms with E-state index in [0.717, 1.165) is 40.8 Å². The third kappa shape index (κ3) is 5.78. The monoisotopic (exact) mass is 557 g/mol. The minimum absolute atomic E-state index is 0.0848. The van der Waals surface area contributed by atoms with Crippen molar-refractivity contribution in [1.29, 1.82) is 0 Å². The molecule has 1 N–H and O–H groups in total. The molecule has 37 heavy (non-hydrogen) atoms. The van der Waals surface area contributed by atoms with Gasteiger partial charge in [0.25, 0.3) is 11.8 Å². The highest BCUT2D eigenvalue weighted by atomic mass is 79.9. The van der Waals surface area contributed by atoms with Gasteiger partial charge in [-0.2, -0.15) is 0 Å². The summed E-state index contributed by atoms with van der Waals surface area (Å²) in [4.78, 5) is 29.7. The van der Waals surface area contributed by atoms with Gasteiger partial charge >= 0.3 is 0 Å². The van der Waals surface area contributed by atoms with E-state index in [0.29, 0.717) is 24.5 Å². The maximum absolute atomic E-state index is 12.9. The van der Waals surface area contributed by atoms with Crippen molar-refractivity contribution in [1.82, 2.24) is 4.90 Å². The summed E-state index contributed by atoms with van der Waals surface area (Å²) in [5, 5.41) is 2.90. The molecule has 2 amide bonds. The molecule has 1 aromatic heterocycles. The second-order valence-corrected chi connectivity index (χ2v) is 9.92. The van der Waals surface area contributed by atoms with Crippen molar-refractivity contribution in [3.05, 3.63) is 106 Å². The van der Waals surface area contributed by atoms with Gasteiger partial charge in [-0.15, -0.1) is 0 Å². The van der Waals surface area contributed by atoms with Crippen molar-refractivity contribution in [2.24, 2.45) is 0 Å². The zero-order valence-electron chi connectivity index (χ0n) is 20.6. The highest BCUT2D eigenvalue weighted by Gasteiger charge is 2.22. The number of carbonyl (C=O) groups is 2. The van der Waals surface area contributed by atoms with Crippen LogP contribution in [0.5, 0.6) is 0 Å². The van der Waals surface area contributed by atoms with Crippen molar-refractivity contribution in [3.63, 3.8) is 0 Å². The number of furan rings is 1. The van der Waals surface area contributed by atoms with Crippen molar-refractivity contribution in [2.75, 3.05) is 36.4 Å². The van der Waals surface area contributed by atoms with Crippen molar-refractivity contribution in [2.45, 2.75) is 13.3 Å². The number of aryl methyl sites for hydroxylation is 1. The smallest absolute Gasteiger partial charge is 0.291 e. The van der Waals surface area contributed by atoms with Crippen LogP contribution in [0.3, 0.4) is 0 Å². The lowest BCUT2D eigenvalue weighted by molar-refractivity contribution is 0.0746. The molecule has 1 aliphatic heterocycles. The maximum Gasteiger partial charge on any atom is 0.291 e. The van der Waals surface area contributed by atoms with Gasteiger partial charge in [-0.05, 0) is 72.6 Å². The lowest BCUT2D eigenvalue weighted by atomic mass is 10.1. The molecule has 1 saturated heterocycles. The molecular formula is C30H28BrN3O3. The Morgan fingerprint density at radius 2 is 1.51 bits per heavy atom. The minimum Gasteiger partial charge on any atom is -0.451 e. The first-order chi connectivity index (χ1) is 18.0. The molecule has 4 aromatic rings. The Balaban J connectivity index is 1.15. The number of rotatable bonds is 6. The Bertz CT molecular complexity index is 1370. The average Bonchev–Trinajstić information content (AvgIpc) is 3.44. The zero-order valence-corrected chi connectivity index (χ0v) is 22.2. The van der Waals surface area contributed by atoms with E-state index < -0.39 is 0 Å². The molecule has 0 bridgehead atoms. The van der Waals surface area contributed by atoms with E-state index in [1.165, 1.54) is 5.56 Å². The standard InChI is InChI=1S/C30H28BrN3O3/c1-2-21-3-5-23(6-4-21)30(36)34-19-17-33(18-20-34)26-13-11-25(12-14-26)32-29(35)28-16-15-27(37-28)22-7-9-24(31)10-8-22/h3-16H,2,17-20H2,1H3,(H,32,35). The van der Waals surface area contributed by atoms with E-state index in [1.807, 2.05) is 77.7 Å². The summed E-state index contributed by atoms with van der Waals surface area (Å²) in [6, 6.07) is 26.9. The molecule has 5 rings (SSSR count). The van der Waals surface area contributed by atoms with Crippen molar-refractivity contribution in [3.8, 4) is 11.3 Å². The molecule has 1 fully saturated rings. The van der Waals surface area contributed by atoms with Crippen LogP contribution in [0.1, 0.15) is 33.4 Å². The van der Waals surface area contributed by atoms with Crippen LogP contribution in [0.2, 0.25) is 0 Å². The zero-order chi connectivity index (χ0) is 25.8. The minimum atomic E-state index is -0.296. The van der Waals surface area contributed by atoms with Gasteiger partial charge in [-0.1, -0.05) is 47.1 Å². The quantitative estimate of drug-likeness (QED) is 0.294. The normalized spacial score (nSPS) is 13.5. The topological polar surface area (TPSA) is 65.8 Å². The molecule has 7 heteroatoms. The highest BCUT2D eigenvalue weighted by molar-refractivity contribution is 9.10. The van der Waals surface area contributed by atoms with Crippen LogP contribution in [0.4, 0.5) is 11.4 Å². The highest BCUT2D eigenvalue weighted by Crippen LogP contribution is 2.25. The number of nitrogens with one attached hydrogen (secondary N) is 1. The number of halogens is 1. The number of benzene rings is 3. The number of piperazine rings is 1. The molecule has 0 radical (unpaired) electrons. The first-order valence-corrected chi connectivity index (χ1v) is 13.2. The van der Waals surface area contributed by atoms with Crippen molar-refractivity contribution >= 4 is 39.1 Å². The number of nitrogens with zero attached hydrogens (tertiary/aromatic N) is 2. The number of amides is 2. The van der Waals surface area contributed by atoms with Gasteiger partial charge in [0.05, 0.1) is 0 Å². The van der Waals surface area contributed by atoms with Crippen LogP contribution in [0.25, 0.3) is 11.3 Å². The molecule has 0 spiro atoms. The first kappa shape index (κ1) is 24.8. The lowest BCUT2D eigenvalue weighted by Crippen LogP contribution is -2.48. The summed E-state index contributed by atoms with van der Waals surface area (Å²) in [7, 11) is 0. The Morgan fingerprint density at radius 1 is 0.838 bits per heavy atom. The summed E-state index contributed by atoms with van der Waals surface area (Å²) in [6.07, 6.45) is 0.964. The maximum atomic E-state index is 12.9.